The van der Waals surface area contributed by atoms with E-state index in [2.05, 4.69) is 27.1 Å². The molecule has 3 heterocycles. The molecule has 1 fully saturated rings. The van der Waals surface area contributed by atoms with E-state index in [0.29, 0.717) is 18.8 Å². The summed E-state index contributed by atoms with van der Waals surface area (Å²) in [6.45, 7) is 8.80. The first kappa shape index (κ1) is 16.5. The number of anilines is 1. The van der Waals surface area contributed by atoms with Gasteiger partial charge in [0, 0.05) is 39.1 Å². The standard InChI is InChI=1S/C16H24N6O2/c1-5-21-8-9-22(10-13(21)14-17-6-7-20(14)4)16(23)19-15-18-11(2)12(3)24-15/h6-7,13H,5,8-10H2,1-4H3,(H,18,19,23). The Bertz CT molecular complexity index is 702. The number of hydrogen-bond acceptors (Lipinski definition) is 5. The number of oxazole rings is 1. The number of nitrogens with zero attached hydrogens (tertiary/aromatic N) is 5. The number of aryl methyl sites for hydroxylation is 3. The Hall–Kier alpha value is -2.35. The molecule has 2 aromatic heterocycles. The van der Waals surface area contributed by atoms with E-state index in [9.17, 15) is 4.79 Å². The van der Waals surface area contributed by atoms with E-state index < -0.39 is 0 Å². The molecule has 1 N–H and O–H groups in total. The number of imidazole rings is 1. The van der Waals surface area contributed by atoms with Gasteiger partial charge in [0.2, 0.25) is 0 Å². The van der Waals surface area contributed by atoms with Crippen LogP contribution in [0.4, 0.5) is 10.8 Å². The summed E-state index contributed by atoms with van der Waals surface area (Å²) >= 11 is 0. The quantitative estimate of drug-likeness (QED) is 0.929. The van der Waals surface area contributed by atoms with Crippen molar-refractivity contribution < 1.29 is 9.21 Å². The zero-order chi connectivity index (χ0) is 17.3. The summed E-state index contributed by atoms with van der Waals surface area (Å²) in [5.74, 6) is 1.68. The molecule has 1 saturated heterocycles. The number of rotatable bonds is 3. The number of urea groups is 1. The second-order valence-corrected chi connectivity index (χ2v) is 6.08. The molecule has 0 aromatic carbocycles. The van der Waals surface area contributed by atoms with Gasteiger partial charge < -0.3 is 13.9 Å². The zero-order valence-electron chi connectivity index (χ0n) is 14.6. The maximum atomic E-state index is 12.6. The minimum atomic E-state index is -0.189. The van der Waals surface area contributed by atoms with Crippen molar-refractivity contribution in [1.82, 2.24) is 24.3 Å². The molecule has 2 amide bonds. The van der Waals surface area contributed by atoms with Crippen LogP contribution in [0.25, 0.3) is 0 Å². The van der Waals surface area contributed by atoms with Crippen LogP contribution in [-0.4, -0.2) is 56.5 Å². The number of carbonyl (C=O) groups is 1. The molecule has 130 valence electrons. The third-order valence-corrected chi connectivity index (χ3v) is 4.58. The summed E-state index contributed by atoms with van der Waals surface area (Å²) in [4.78, 5) is 25.4. The van der Waals surface area contributed by atoms with Crippen LogP contribution in [0.3, 0.4) is 0 Å². The lowest BCUT2D eigenvalue weighted by atomic mass is 10.1. The summed E-state index contributed by atoms with van der Waals surface area (Å²) in [6, 6.07) is 0.148. The maximum absolute atomic E-state index is 12.6. The number of piperazine rings is 1. The van der Waals surface area contributed by atoms with Gasteiger partial charge >= 0.3 is 12.0 Å². The maximum Gasteiger partial charge on any atom is 0.325 e. The summed E-state index contributed by atoms with van der Waals surface area (Å²) in [7, 11) is 1.98. The van der Waals surface area contributed by atoms with Crippen LogP contribution in [-0.2, 0) is 7.05 Å². The molecule has 8 heteroatoms. The first-order valence-corrected chi connectivity index (χ1v) is 8.20. The van der Waals surface area contributed by atoms with Gasteiger partial charge in [-0.15, -0.1) is 0 Å². The van der Waals surface area contributed by atoms with Crippen molar-refractivity contribution in [3.05, 3.63) is 29.7 Å². The van der Waals surface area contributed by atoms with Crippen molar-refractivity contribution in [3.63, 3.8) is 0 Å². The Morgan fingerprint density at radius 2 is 2.21 bits per heavy atom. The van der Waals surface area contributed by atoms with E-state index in [-0.39, 0.29) is 18.1 Å². The fourth-order valence-electron chi connectivity index (χ4n) is 3.02. The molecule has 2 aromatic rings. The molecule has 0 spiro atoms. The van der Waals surface area contributed by atoms with Crippen LogP contribution >= 0.6 is 0 Å². The van der Waals surface area contributed by atoms with Gasteiger partial charge in [-0.25, -0.2) is 9.78 Å². The molecule has 0 bridgehead atoms. The number of aromatic nitrogens is 3. The fourth-order valence-corrected chi connectivity index (χ4v) is 3.02. The number of amides is 2. The molecule has 1 aliphatic rings. The third kappa shape index (κ3) is 3.14. The molecular weight excluding hydrogens is 308 g/mol. The van der Waals surface area contributed by atoms with Gasteiger partial charge in [0.15, 0.2) is 0 Å². The molecule has 0 aliphatic carbocycles. The lowest BCUT2D eigenvalue weighted by Crippen LogP contribution is -2.52. The molecule has 8 nitrogen and oxygen atoms in total. The first-order chi connectivity index (χ1) is 11.5. The van der Waals surface area contributed by atoms with E-state index >= 15 is 0 Å². The van der Waals surface area contributed by atoms with Gasteiger partial charge in [-0.3, -0.25) is 10.2 Å². The molecule has 0 saturated carbocycles. The Kier molecular flexibility index (Phi) is 4.57. The van der Waals surface area contributed by atoms with Crippen LogP contribution in [0.5, 0.6) is 0 Å². The summed E-state index contributed by atoms with van der Waals surface area (Å²) in [6.07, 6.45) is 3.72. The second-order valence-electron chi connectivity index (χ2n) is 6.08. The van der Waals surface area contributed by atoms with Crippen LogP contribution in [0.15, 0.2) is 16.8 Å². The highest BCUT2D eigenvalue weighted by Crippen LogP contribution is 2.24. The lowest BCUT2D eigenvalue weighted by molar-refractivity contribution is 0.0925. The summed E-state index contributed by atoms with van der Waals surface area (Å²) in [5, 5.41) is 2.75. The van der Waals surface area contributed by atoms with Gasteiger partial charge in [-0.2, -0.15) is 4.98 Å². The van der Waals surface area contributed by atoms with Crippen molar-refractivity contribution in [2.24, 2.45) is 7.05 Å². The highest BCUT2D eigenvalue weighted by Gasteiger charge is 2.32. The van der Waals surface area contributed by atoms with Crippen molar-refractivity contribution in [1.29, 1.82) is 0 Å². The van der Waals surface area contributed by atoms with Crippen LogP contribution in [0, 0.1) is 13.8 Å². The molecule has 24 heavy (non-hydrogen) atoms. The Morgan fingerprint density at radius 1 is 1.42 bits per heavy atom. The van der Waals surface area contributed by atoms with Crippen molar-refractivity contribution >= 4 is 12.0 Å². The van der Waals surface area contributed by atoms with Crippen molar-refractivity contribution in [2.45, 2.75) is 26.8 Å². The number of likely N-dealkylation sites (N-methyl/N-ethyl adjacent to an activating group) is 1. The Morgan fingerprint density at radius 3 is 2.79 bits per heavy atom. The van der Waals surface area contributed by atoms with E-state index in [1.807, 2.05) is 31.7 Å². The predicted octanol–water partition coefficient (Wildman–Crippen LogP) is 1.94. The predicted molar refractivity (Wildman–Crippen MR) is 89.8 cm³/mol. The molecule has 1 aliphatic heterocycles. The summed E-state index contributed by atoms with van der Waals surface area (Å²) in [5.41, 5.74) is 0.784. The van der Waals surface area contributed by atoms with Crippen LogP contribution < -0.4 is 5.32 Å². The van der Waals surface area contributed by atoms with Crippen LogP contribution in [0.2, 0.25) is 0 Å². The highest BCUT2D eigenvalue weighted by molar-refractivity contribution is 5.87. The second kappa shape index (κ2) is 6.64. The average molecular weight is 332 g/mol. The van der Waals surface area contributed by atoms with Crippen LogP contribution in [0.1, 0.15) is 30.2 Å². The fraction of sp³-hybridized carbons (Fsp3) is 0.562. The molecule has 3 rings (SSSR count). The minimum Gasteiger partial charge on any atom is -0.428 e. The minimum absolute atomic E-state index is 0.0857. The zero-order valence-corrected chi connectivity index (χ0v) is 14.6. The van der Waals surface area contributed by atoms with Gasteiger partial charge in [0.25, 0.3) is 0 Å². The molecular formula is C16H24N6O2. The summed E-state index contributed by atoms with van der Waals surface area (Å²) < 4.78 is 7.45. The molecule has 1 atom stereocenters. The SMILES string of the molecule is CCN1CCN(C(=O)Nc2nc(C)c(C)o2)CC1c1nccn1C. The van der Waals surface area contributed by atoms with Gasteiger partial charge in [-0.05, 0) is 20.4 Å². The number of hydrogen-bond donors (Lipinski definition) is 1. The van der Waals surface area contributed by atoms with E-state index in [1.54, 1.807) is 11.1 Å². The third-order valence-electron chi connectivity index (χ3n) is 4.58. The van der Waals surface area contributed by atoms with Gasteiger partial charge in [-0.1, -0.05) is 6.92 Å². The molecule has 1 unspecified atom stereocenters. The lowest BCUT2D eigenvalue weighted by Gasteiger charge is -2.40. The van der Waals surface area contributed by atoms with Crippen molar-refractivity contribution in [2.75, 3.05) is 31.5 Å². The smallest absolute Gasteiger partial charge is 0.325 e. The van der Waals surface area contributed by atoms with Gasteiger partial charge in [0.05, 0.1) is 11.7 Å². The average Bonchev–Trinajstić information content (AvgIpc) is 3.12. The van der Waals surface area contributed by atoms with Gasteiger partial charge in [0.1, 0.15) is 11.6 Å². The topological polar surface area (TPSA) is 79.4 Å². The Labute approximate surface area is 141 Å². The van der Waals surface area contributed by atoms with Crippen molar-refractivity contribution in [3.8, 4) is 0 Å². The number of nitrogens with one attached hydrogen (secondary N) is 1. The van der Waals surface area contributed by atoms with E-state index in [4.69, 9.17) is 4.42 Å². The largest absolute Gasteiger partial charge is 0.428 e. The van der Waals surface area contributed by atoms with E-state index in [1.165, 1.54) is 0 Å². The molecule has 0 radical (unpaired) electrons. The Balaban J connectivity index is 1.72. The number of carbonyl (C=O) groups excluding carboxylic acids is 1. The monoisotopic (exact) mass is 332 g/mol. The normalized spacial score (nSPS) is 18.8. The van der Waals surface area contributed by atoms with E-state index in [0.717, 1.165) is 24.6 Å². The highest BCUT2D eigenvalue weighted by atomic mass is 16.4. The first-order valence-electron chi connectivity index (χ1n) is 8.20.